The summed E-state index contributed by atoms with van der Waals surface area (Å²) in [5, 5.41) is 3.08. The number of piperidine rings is 1. The van der Waals surface area contributed by atoms with Crippen LogP contribution in [0.15, 0.2) is 0 Å². The van der Waals surface area contributed by atoms with Gasteiger partial charge in [0.25, 0.3) is 0 Å². The van der Waals surface area contributed by atoms with Gasteiger partial charge in [-0.2, -0.15) is 13.2 Å². The van der Waals surface area contributed by atoms with Crippen molar-refractivity contribution in [3.05, 3.63) is 0 Å². The van der Waals surface area contributed by atoms with Crippen molar-refractivity contribution in [2.75, 3.05) is 26.2 Å². The number of fused-ring (bicyclic) bond motifs is 1. The van der Waals surface area contributed by atoms with Gasteiger partial charge < -0.3 is 10.2 Å². The lowest BCUT2D eigenvalue weighted by Crippen LogP contribution is -2.35. The van der Waals surface area contributed by atoms with Crippen molar-refractivity contribution >= 4 is 5.91 Å². The lowest BCUT2D eigenvalue weighted by atomic mass is 9.89. The summed E-state index contributed by atoms with van der Waals surface area (Å²) in [6, 6.07) is 0. The van der Waals surface area contributed by atoms with Crippen LogP contribution < -0.4 is 5.32 Å². The largest absolute Gasteiger partial charge is 0.390 e. The second kappa shape index (κ2) is 6.38. The third-order valence-electron chi connectivity index (χ3n) is 5.57. The molecule has 1 saturated heterocycles. The molecule has 3 rings (SSSR count). The summed E-state index contributed by atoms with van der Waals surface area (Å²) in [5.74, 6) is 1.40. The summed E-state index contributed by atoms with van der Waals surface area (Å²) in [4.78, 5) is 14.0. The maximum Gasteiger partial charge on any atom is 0.390 e. The number of alkyl halides is 3. The summed E-state index contributed by atoms with van der Waals surface area (Å²) in [7, 11) is 0. The molecule has 1 aliphatic heterocycles. The lowest BCUT2D eigenvalue weighted by Gasteiger charge is -2.23. The molecule has 1 heterocycles. The Morgan fingerprint density at radius 1 is 1.09 bits per heavy atom. The smallest absolute Gasteiger partial charge is 0.356 e. The average Bonchev–Trinajstić information content (AvgIpc) is 2.98. The van der Waals surface area contributed by atoms with Crippen molar-refractivity contribution in [1.29, 1.82) is 0 Å². The van der Waals surface area contributed by atoms with Crippen LogP contribution in [0.25, 0.3) is 0 Å². The summed E-state index contributed by atoms with van der Waals surface area (Å²) >= 11 is 0. The Kier molecular flexibility index (Phi) is 4.67. The van der Waals surface area contributed by atoms with Crippen LogP contribution in [0, 0.1) is 23.7 Å². The molecule has 22 heavy (non-hydrogen) atoms. The minimum absolute atomic E-state index is 0.0609. The van der Waals surface area contributed by atoms with Gasteiger partial charge in [-0.1, -0.05) is 19.3 Å². The van der Waals surface area contributed by atoms with E-state index in [1.807, 2.05) is 4.90 Å². The molecular formula is C16H25F3N2O. The Balaban J connectivity index is 1.34. The van der Waals surface area contributed by atoms with Crippen LogP contribution in [0.5, 0.6) is 0 Å². The quantitative estimate of drug-likeness (QED) is 0.845. The van der Waals surface area contributed by atoms with Crippen LogP contribution in [-0.2, 0) is 4.79 Å². The number of carbonyl (C=O) groups is 1. The highest BCUT2D eigenvalue weighted by atomic mass is 19.4. The molecule has 1 N–H and O–H groups in total. The zero-order valence-corrected chi connectivity index (χ0v) is 12.9. The molecule has 3 nitrogen and oxygen atoms in total. The first-order valence-corrected chi connectivity index (χ1v) is 8.51. The second-order valence-electron chi connectivity index (χ2n) is 7.23. The van der Waals surface area contributed by atoms with Gasteiger partial charge in [-0.3, -0.25) is 4.79 Å². The number of hydrogen-bond acceptors (Lipinski definition) is 2. The Bertz CT molecular complexity index is 395. The van der Waals surface area contributed by atoms with E-state index in [-0.39, 0.29) is 18.4 Å². The number of hydrogen-bond donors (Lipinski definition) is 1. The van der Waals surface area contributed by atoms with E-state index >= 15 is 0 Å². The van der Waals surface area contributed by atoms with Crippen molar-refractivity contribution in [1.82, 2.24) is 10.2 Å². The molecule has 0 spiro atoms. The molecule has 2 unspecified atom stereocenters. The molecule has 0 aromatic rings. The fraction of sp³-hybridized carbons (Fsp3) is 0.938. The van der Waals surface area contributed by atoms with E-state index in [1.54, 1.807) is 0 Å². The van der Waals surface area contributed by atoms with Crippen LogP contribution in [0.2, 0.25) is 0 Å². The average molecular weight is 318 g/mol. The van der Waals surface area contributed by atoms with E-state index in [2.05, 4.69) is 5.32 Å². The van der Waals surface area contributed by atoms with Gasteiger partial charge in [0.15, 0.2) is 0 Å². The molecule has 6 heteroatoms. The number of rotatable bonds is 5. The molecule has 126 valence electrons. The summed E-state index contributed by atoms with van der Waals surface area (Å²) < 4.78 is 36.6. The highest BCUT2D eigenvalue weighted by molar-refractivity contribution is 5.82. The predicted octanol–water partition coefficient (Wildman–Crippen LogP) is 2.81. The van der Waals surface area contributed by atoms with Crippen LogP contribution in [0.1, 0.15) is 38.5 Å². The van der Waals surface area contributed by atoms with Crippen LogP contribution in [0.4, 0.5) is 13.2 Å². The van der Waals surface area contributed by atoms with Gasteiger partial charge in [0.2, 0.25) is 5.91 Å². The molecule has 2 saturated carbocycles. The third kappa shape index (κ3) is 3.94. The molecule has 3 aliphatic rings. The van der Waals surface area contributed by atoms with Crippen LogP contribution in [-0.4, -0.2) is 43.2 Å². The Hall–Kier alpha value is -0.780. The fourth-order valence-electron chi connectivity index (χ4n) is 4.22. The highest BCUT2D eigenvalue weighted by Crippen LogP contribution is 2.51. The van der Waals surface area contributed by atoms with Crippen molar-refractivity contribution < 1.29 is 18.0 Å². The van der Waals surface area contributed by atoms with E-state index < -0.39 is 12.6 Å². The standard InChI is InChI=1S/C16H25F3N2O/c17-16(18,19)6-7-21-9-12-13(10-21)14(12)15(22)20-8-11-4-2-1-3-5-11/h11-14H,1-10H2,(H,20,22). The molecular weight excluding hydrogens is 293 g/mol. The van der Waals surface area contributed by atoms with E-state index in [1.165, 1.54) is 32.1 Å². The van der Waals surface area contributed by atoms with Gasteiger partial charge in [0, 0.05) is 32.1 Å². The maximum absolute atomic E-state index is 12.2. The number of carbonyl (C=O) groups excluding carboxylic acids is 1. The van der Waals surface area contributed by atoms with Gasteiger partial charge in [-0.05, 0) is 30.6 Å². The second-order valence-corrected chi connectivity index (χ2v) is 7.23. The Morgan fingerprint density at radius 3 is 2.32 bits per heavy atom. The zero-order valence-electron chi connectivity index (χ0n) is 12.9. The fourth-order valence-corrected chi connectivity index (χ4v) is 4.22. The summed E-state index contributed by atoms with van der Waals surface area (Å²) in [6.45, 7) is 2.17. The third-order valence-corrected chi connectivity index (χ3v) is 5.57. The molecule has 3 fully saturated rings. The number of nitrogens with zero attached hydrogens (tertiary/aromatic N) is 1. The molecule has 2 aliphatic carbocycles. The van der Waals surface area contributed by atoms with Crippen LogP contribution in [0.3, 0.4) is 0 Å². The summed E-state index contributed by atoms with van der Waals surface area (Å²) in [6.07, 6.45) is 1.44. The van der Waals surface area contributed by atoms with E-state index in [4.69, 9.17) is 0 Å². The molecule has 0 aromatic heterocycles. The minimum atomic E-state index is -4.08. The first-order valence-electron chi connectivity index (χ1n) is 8.51. The van der Waals surface area contributed by atoms with E-state index in [0.717, 1.165) is 6.54 Å². The zero-order chi connectivity index (χ0) is 15.7. The molecule has 1 amide bonds. The Labute approximate surface area is 129 Å². The minimum Gasteiger partial charge on any atom is -0.356 e. The SMILES string of the molecule is O=C(NCC1CCCCC1)C1C2CN(CCC(F)(F)F)CC21. The monoisotopic (exact) mass is 318 g/mol. The van der Waals surface area contributed by atoms with Crippen molar-refractivity contribution in [3.63, 3.8) is 0 Å². The molecule has 0 radical (unpaired) electrons. The summed E-state index contributed by atoms with van der Waals surface area (Å²) in [5.41, 5.74) is 0. The van der Waals surface area contributed by atoms with Crippen molar-refractivity contribution in [2.45, 2.75) is 44.7 Å². The van der Waals surface area contributed by atoms with Crippen molar-refractivity contribution in [2.24, 2.45) is 23.7 Å². The number of amides is 1. The van der Waals surface area contributed by atoms with Gasteiger partial charge in [-0.15, -0.1) is 0 Å². The first-order chi connectivity index (χ1) is 10.4. The number of halogens is 3. The molecule has 2 atom stereocenters. The topological polar surface area (TPSA) is 32.3 Å². The van der Waals surface area contributed by atoms with Gasteiger partial charge >= 0.3 is 6.18 Å². The van der Waals surface area contributed by atoms with Crippen LogP contribution >= 0.6 is 0 Å². The normalized spacial score (nSPS) is 32.8. The van der Waals surface area contributed by atoms with Crippen molar-refractivity contribution in [3.8, 4) is 0 Å². The predicted molar refractivity (Wildman–Crippen MR) is 77.2 cm³/mol. The van der Waals surface area contributed by atoms with Gasteiger partial charge in [0.1, 0.15) is 0 Å². The van der Waals surface area contributed by atoms with Gasteiger partial charge in [0.05, 0.1) is 6.42 Å². The molecule has 0 aromatic carbocycles. The maximum atomic E-state index is 12.2. The van der Waals surface area contributed by atoms with Gasteiger partial charge in [-0.25, -0.2) is 0 Å². The number of nitrogens with one attached hydrogen (secondary N) is 1. The first kappa shape index (κ1) is 16.1. The Morgan fingerprint density at radius 2 is 1.73 bits per heavy atom. The highest BCUT2D eigenvalue weighted by Gasteiger charge is 2.59. The van der Waals surface area contributed by atoms with E-state index in [9.17, 15) is 18.0 Å². The molecule has 0 bridgehead atoms. The van der Waals surface area contributed by atoms with E-state index in [0.29, 0.717) is 30.8 Å². The lowest BCUT2D eigenvalue weighted by molar-refractivity contribution is -0.138. The number of likely N-dealkylation sites (tertiary alicyclic amines) is 1.